The van der Waals surface area contributed by atoms with Gasteiger partial charge in [0.2, 0.25) is 52.2 Å². The number of fused-ring (bicyclic) bond motifs is 4. The molecule has 2 N–H and O–H groups in total. The normalized spacial score (nSPS) is 13.5. The molecule has 0 saturated heterocycles. The van der Waals surface area contributed by atoms with Crippen LogP contribution < -0.4 is 5.32 Å². The van der Waals surface area contributed by atoms with Crippen molar-refractivity contribution in [2.75, 3.05) is 5.32 Å². The van der Waals surface area contributed by atoms with Crippen LogP contribution in [0, 0.1) is 21.4 Å². The van der Waals surface area contributed by atoms with E-state index in [1.807, 2.05) is 6.07 Å². The van der Waals surface area contributed by atoms with E-state index in [-0.39, 0.29) is 110 Å². The van der Waals surface area contributed by atoms with Gasteiger partial charge in [-0.2, -0.15) is 40.5 Å². The van der Waals surface area contributed by atoms with Crippen LogP contribution in [0.15, 0.2) is 287 Å². The van der Waals surface area contributed by atoms with Crippen molar-refractivity contribution >= 4 is 133 Å². The van der Waals surface area contributed by atoms with Crippen molar-refractivity contribution in [3.05, 3.63) is 322 Å². The number of benzene rings is 8. The molecule has 16 rings (SSSR count). The number of nitro groups is 1. The summed E-state index contributed by atoms with van der Waals surface area (Å²) in [5.41, 5.74) is 0.876. The van der Waals surface area contributed by atoms with Gasteiger partial charge in [-0.15, -0.1) is 0 Å². The molecule has 0 atom stereocenters. The summed E-state index contributed by atoms with van der Waals surface area (Å²) in [6, 6.07) is 60.7. The third kappa shape index (κ3) is 14.8. The average Bonchev–Trinajstić information content (AvgIpc) is 1.59. The van der Waals surface area contributed by atoms with Gasteiger partial charge in [0.15, 0.2) is 0 Å². The topological polar surface area (TPSA) is 452 Å². The van der Waals surface area contributed by atoms with E-state index in [1.165, 1.54) is 116 Å². The van der Waals surface area contributed by atoms with Crippen LogP contribution in [0.3, 0.4) is 0 Å². The number of amides is 1. The minimum Gasteiger partial charge on any atom is -0.478 e. The van der Waals surface area contributed by atoms with Crippen LogP contribution in [0.4, 0.5) is 11.4 Å². The molecule has 30 nitrogen and oxygen atoms in total. The Labute approximate surface area is 657 Å². The molecule has 1 amide bonds. The fraction of sp³-hybridized carbons (Fsp3) is 0.0122. The monoisotopic (exact) mass is 1630 g/mol. The number of carbonyl (C=O) groups excluding carboxylic acids is 9. The molecule has 8 aromatic carbocycles. The maximum atomic E-state index is 13.3. The summed E-state index contributed by atoms with van der Waals surface area (Å²) in [5.74, 6) is -8.70. The lowest BCUT2D eigenvalue weighted by molar-refractivity contribution is -0.384. The quantitative estimate of drug-likeness (QED) is 0.0547. The molecule has 4 aliphatic rings. The van der Waals surface area contributed by atoms with Gasteiger partial charge in [0.1, 0.15) is 17.5 Å². The average molecular weight is 1630 g/mol. The highest BCUT2D eigenvalue weighted by Gasteiger charge is 2.41. The lowest BCUT2D eigenvalue weighted by Gasteiger charge is -2.15. The van der Waals surface area contributed by atoms with Gasteiger partial charge in [-0.3, -0.25) is 53.3 Å². The second kappa shape index (κ2) is 31.5. The Bertz CT molecular complexity index is 6890. The van der Waals surface area contributed by atoms with Crippen molar-refractivity contribution in [2.45, 2.75) is 26.5 Å². The van der Waals surface area contributed by atoms with Crippen molar-refractivity contribution in [2.24, 2.45) is 0 Å². The van der Waals surface area contributed by atoms with Gasteiger partial charge in [-0.05, 0) is 108 Å². The molecule has 0 fully saturated rings. The van der Waals surface area contributed by atoms with E-state index in [2.05, 4.69) is 15.5 Å². The van der Waals surface area contributed by atoms with Gasteiger partial charge in [0.25, 0.3) is 45.8 Å². The van der Waals surface area contributed by atoms with Crippen LogP contribution in [-0.4, -0.2) is 128 Å². The molecular weight excluding hydrogens is 1580 g/mol. The van der Waals surface area contributed by atoms with E-state index in [1.54, 1.807) is 146 Å². The third-order valence-corrected chi connectivity index (χ3v) is 24.4. The Morgan fingerprint density at radius 2 is 0.759 bits per heavy atom. The van der Waals surface area contributed by atoms with E-state index >= 15 is 0 Å². The molecular formula is C82H51N9O21S4. The number of nitrogens with one attached hydrogen (secondary N) is 1. The maximum absolute atomic E-state index is 13.3. The number of Topliss-reactive ketones (excluding diaryl/α,β-unsaturated/α-hetero) is 4. The number of ketones is 8. The molecule has 0 spiro atoms. The smallest absolute Gasteiger partial charge is 0.338 e. The van der Waals surface area contributed by atoms with Crippen molar-refractivity contribution in [3.8, 4) is 50.8 Å². The number of non-ortho nitro benzene ring substituents is 1. The van der Waals surface area contributed by atoms with Crippen LogP contribution in [0.25, 0.3) is 68.1 Å². The SMILES string of the molecule is CC(=O)Nc1ccc(-c2nn(S(=O)(=O)c3ccccc3)c3c2C(=O)C(=O)C=C3)cc1.N#CC1=CC(=O)C(=O)c2c(-c3ccccc3)cn(S(=O)(=O)c3ccccc3)c21.O=C(O)C1=CC(=O)C(=O)c2c(-c3ccccc3)cn(S(=O)(=O)c3ccccc3)c21.O=C1C=Cc2c(c(-c3ccc([N+](=O)[O-])cc3)nn2S(=O)(=O)c2ccccc2)C1=O. The summed E-state index contributed by atoms with van der Waals surface area (Å²) >= 11 is 0. The van der Waals surface area contributed by atoms with Gasteiger partial charge < -0.3 is 10.4 Å². The molecule has 0 saturated carbocycles. The van der Waals surface area contributed by atoms with Gasteiger partial charge in [0, 0.05) is 71.5 Å². The minimum absolute atomic E-state index is 0.000560. The highest BCUT2D eigenvalue weighted by molar-refractivity contribution is 7.90. The zero-order valence-electron chi connectivity index (χ0n) is 59.4. The van der Waals surface area contributed by atoms with Crippen LogP contribution in [0.1, 0.15) is 71.1 Å². The van der Waals surface area contributed by atoms with E-state index < -0.39 is 103 Å². The van der Waals surface area contributed by atoms with Crippen LogP contribution >= 0.6 is 0 Å². The highest BCUT2D eigenvalue weighted by atomic mass is 32.2. The van der Waals surface area contributed by atoms with Crippen LogP contribution in [0.2, 0.25) is 0 Å². The number of carboxylic acids is 1. The van der Waals surface area contributed by atoms with Gasteiger partial charge in [-0.25, -0.2) is 29.6 Å². The second-order valence-corrected chi connectivity index (χ2v) is 32.2. The lowest BCUT2D eigenvalue weighted by atomic mass is 9.90. The first-order chi connectivity index (χ1) is 55.4. The molecule has 4 aliphatic carbocycles. The molecule has 12 aromatic rings. The zero-order valence-corrected chi connectivity index (χ0v) is 62.6. The number of nitrogens with zero attached hydrogens (tertiary/aromatic N) is 8. The first-order valence-corrected chi connectivity index (χ1v) is 39.6. The Morgan fingerprint density at radius 1 is 0.422 bits per heavy atom. The van der Waals surface area contributed by atoms with Crippen molar-refractivity contribution in [3.63, 3.8) is 0 Å². The number of nitro benzene ring substituents is 1. The zero-order chi connectivity index (χ0) is 82.9. The standard InChI is InChI=1S/C21H15N3O5S.C21H12N2O4S.C21H13NO6S.C19H11N3O6S/c1-13(25)22-15-9-7-14(8-10-15)20-19-17(11-12-18(26)21(19)27)24(23-20)30(28,29)16-5-3-2-4-6-16;22-12-15-11-18(24)21(25)19-17(14-7-3-1-4-8-14)13-23(20(15)19)28(26,27)16-9-5-2-6-10-16;23-17-11-15(21(25)26)19-18(20(17)24)16(13-7-3-1-4-8-13)12-22(19)29(27,28)14-9-5-2-6-10-14;23-16-11-10-15-17(19(16)24)18(12-6-8-13(9-7-12)22(25)26)20-21(15)29(27,28)14-4-2-1-3-5-14/h2-12H,1H3,(H,22,25);1-11,13H;1-12H,(H,25,26);1-11H. The molecule has 116 heavy (non-hydrogen) atoms. The summed E-state index contributed by atoms with van der Waals surface area (Å²) in [6.07, 6.45) is 8.56. The predicted molar refractivity (Wildman–Crippen MR) is 417 cm³/mol. The van der Waals surface area contributed by atoms with Crippen LogP contribution in [0.5, 0.6) is 0 Å². The second-order valence-electron chi connectivity index (χ2n) is 25.1. The molecule has 0 radical (unpaired) electrons. The van der Waals surface area contributed by atoms with Gasteiger partial charge in [-0.1, -0.05) is 146 Å². The Morgan fingerprint density at radius 3 is 1.12 bits per heavy atom. The summed E-state index contributed by atoms with van der Waals surface area (Å²) in [6.45, 7) is 1.37. The van der Waals surface area contributed by atoms with Crippen LogP contribution in [-0.2, 0) is 68.9 Å². The predicted octanol–water partition coefficient (Wildman–Crippen LogP) is 10.7. The minimum atomic E-state index is -4.23. The fourth-order valence-electron chi connectivity index (χ4n) is 12.5. The van der Waals surface area contributed by atoms with Crippen molar-refractivity contribution in [1.29, 1.82) is 5.26 Å². The summed E-state index contributed by atoms with van der Waals surface area (Å²) in [5, 5.41) is 40.9. The number of anilines is 1. The van der Waals surface area contributed by atoms with E-state index in [0.717, 1.165) is 30.3 Å². The van der Waals surface area contributed by atoms with Gasteiger partial charge >= 0.3 is 5.97 Å². The molecule has 34 heteroatoms. The Balaban J connectivity index is 0.000000135. The number of aromatic nitrogens is 6. The summed E-state index contributed by atoms with van der Waals surface area (Å²) < 4.78 is 109. The highest BCUT2D eigenvalue weighted by Crippen LogP contribution is 2.41. The molecule has 0 aliphatic heterocycles. The third-order valence-electron chi connectivity index (χ3n) is 17.9. The summed E-state index contributed by atoms with van der Waals surface area (Å²) in [7, 11) is -16.6. The molecule has 0 bridgehead atoms. The number of aliphatic carboxylic acids is 1. The number of carbonyl (C=O) groups is 10. The summed E-state index contributed by atoms with van der Waals surface area (Å²) in [4.78, 5) is 132. The first-order valence-electron chi connectivity index (χ1n) is 33.9. The number of nitriles is 1. The van der Waals surface area contributed by atoms with E-state index in [0.29, 0.717) is 32.5 Å². The number of hydrogen-bond donors (Lipinski definition) is 2. The maximum Gasteiger partial charge on any atom is 0.338 e. The molecule has 4 heterocycles. The fourth-order valence-corrected chi connectivity index (χ4v) is 17.9. The molecule has 574 valence electrons. The van der Waals surface area contributed by atoms with Crippen molar-refractivity contribution in [1.82, 2.24) is 26.3 Å². The van der Waals surface area contributed by atoms with E-state index in [9.17, 15) is 102 Å². The first kappa shape index (κ1) is 78.8. The van der Waals surface area contributed by atoms with Crippen molar-refractivity contribution < 1.29 is 91.6 Å². The number of hydrogen-bond acceptors (Lipinski definition) is 23. The Hall–Kier alpha value is -15.3. The Kier molecular flexibility index (Phi) is 21.4. The number of rotatable bonds is 15. The number of carboxylic acid groups (broad SMARTS) is 1. The van der Waals surface area contributed by atoms with E-state index in [4.69, 9.17) is 0 Å². The molecule has 4 aromatic heterocycles. The van der Waals surface area contributed by atoms with Gasteiger partial charge in [0.05, 0.1) is 80.7 Å². The lowest BCUT2D eigenvalue weighted by Crippen LogP contribution is -2.25. The largest absolute Gasteiger partial charge is 0.478 e. The molecule has 0 unspecified atom stereocenters. The number of allylic oxidation sites excluding steroid dienone is 5.